The zero-order chi connectivity index (χ0) is 11.6. The lowest BCUT2D eigenvalue weighted by Crippen LogP contribution is -2.45. The molecule has 0 saturated carbocycles. The fourth-order valence-corrected chi connectivity index (χ4v) is 1.98. The van der Waals surface area contributed by atoms with Gasteiger partial charge in [-0.25, -0.2) is 0 Å². The van der Waals surface area contributed by atoms with Crippen LogP contribution in [0.3, 0.4) is 0 Å². The lowest BCUT2D eigenvalue weighted by atomic mass is 9.61. The summed E-state index contributed by atoms with van der Waals surface area (Å²) in [5.74, 6) is 0.479. The van der Waals surface area contributed by atoms with E-state index in [1.54, 1.807) is 0 Å². The molecule has 0 fully saturated rings. The van der Waals surface area contributed by atoms with Gasteiger partial charge in [0.25, 0.3) is 0 Å². The van der Waals surface area contributed by atoms with E-state index in [1.807, 2.05) is 6.92 Å². The van der Waals surface area contributed by atoms with E-state index in [9.17, 15) is 10.2 Å². The molecule has 0 saturated heterocycles. The maximum absolute atomic E-state index is 9.54. The smallest absolute Gasteiger partial charge is 0.157 e. The van der Waals surface area contributed by atoms with E-state index in [1.165, 1.54) is 0 Å². The molecular weight excluding hydrogens is 176 g/mol. The summed E-state index contributed by atoms with van der Waals surface area (Å²) in [4.78, 5) is 0. The molecule has 2 N–H and O–H groups in total. The van der Waals surface area contributed by atoms with Crippen LogP contribution in [0.15, 0.2) is 0 Å². The molecule has 2 nitrogen and oxygen atoms in total. The van der Waals surface area contributed by atoms with Crippen molar-refractivity contribution in [2.45, 2.75) is 60.7 Å². The van der Waals surface area contributed by atoms with Gasteiger partial charge in [-0.3, -0.25) is 0 Å². The first kappa shape index (κ1) is 13.9. The molecule has 0 spiro atoms. The van der Waals surface area contributed by atoms with E-state index in [-0.39, 0.29) is 5.41 Å². The first-order valence-corrected chi connectivity index (χ1v) is 5.53. The molecule has 0 aliphatic rings. The Bertz CT molecular complexity index is 173. The van der Waals surface area contributed by atoms with Crippen molar-refractivity contribution in [2.75, 3.05) is 0 Å². The number of rotatable bonds is 5. The first-order valence-electron chi connectivity index (χ1n) is 5.53. The minimum atomic E-state index is -1.24. The maximum Gasteiger partial charge on any atom is 0.157 e. The van der Waals surface area contributed by atoms with Gasteiger partial charge < -0.3 is 10.2 Å². The Morgan fingerprint density at radius 2 is 1.50 bits per heavy atom. The van der Waals surface area contributed by atoms with Crippen LogP contribution in [0.25, 0.3) is 0 Å². The maximum atomic E-state index is 9.54. The van der Waals surface area contributed by atoms with Gasteiger partial charge in [-0.15, -0.1) is 0 Å². The molecule has 0 rings (SSSR count). The molecule has 1 atom stereocenters. The summed E-state index contributed by atoms with van der Waals surface area (Å²) in [5, 5.41) is 19.1. The summed E-state index contributed by atoms with van der Waals surface area (Å²) in [7, 11) is 0. The molecule has 1 unspecified atom stereocenters. The van der Waals surface area contributed by atoms with Crippen LogP contribution < -0.4 is 0 Å². The van der Waals surface area contributed by atoms with Crippen LogP contribution in [0.4, 0.5) is 0 Å². The number of aliphatic hydroxyl groups excluding tert-OH is 1. The van der Waals surface area contributed by atoms with Gasteiger partial charge in [-0.1, -0.05) is 48.0 Å². The van der Waals surface area contributed by atoms with Crippen LogP contribution in [-0.4, -0.2) is 16.5 Å². The molecule has 2 heteroatoms. The standard InChI is InChI=1S/C12H26O2/c1-7-11(4,5)12(6,10(13)14)8-9(2)3/h9-10,13-14H,7-8H2,1-6H3. The highest BCUT2D eigenvalue weighted by Gasteiger charge is 2.44. The number of hydrogen-bond donors (Lipinski definition) is 2. The van der Waals surface area contributed by atoms with Crippen LogP contribution in [0.2, 0.25) is 0 Å². The molecule has 0 aliphatic carbocycles. The third-order valence-electron chi connectivity index (χ3n) is 3.83. The van der Waals surface area contributed by atoms with E-state index in [4.69, 9.17) is 0 Å². The third-order valence-corrected chi connectivity index (χ3v) is 3.83. The Kier molecular flexibility index (Phi) is 4.60. The summed E-state index contributed by atoms with van der Waals surface area (Å²) in [6.45, 7) is 12.5. The molecule has 14 heavy (non-hydrogen) atoms. The summed E-state index contributed by atoms with van der Waals surface area (Å²) < 4.78 is 0. The molecule has 0 bridgehead atoms. The molecule has 0 heterocycles. The van der Waals surface area contributed by atoms with Crippen molar-refractivity contribution < 1.29 is 10.2 Å². The summed E-state index contributed by atoms with van der Waals surface area (Å²) in [6.07, 6.45) is 0.555. The van der Waals surface area contributed by atoms with Gasteiger partial charge in [0.1, 0.15) is 0 Å². The second kappa shape index (κ2) is 4.63. The summed E-state index contributed by atoms with van der Waals surface area (Å²) in [5.41, 5.74) is -0.471. The second-order valence-corrected chi connectivity index (χ2v) is 5.63. The molecule has 0 aromatic rings. The highest BCUT2D eigenvalue weighted by Crippen LogP contribution is 2.47. The fourth-order valence-electron chi connectivity index (χ4n) is 1.98. The average molecular weight is 202 g/mol. The Hall–Kier alpha value is -0.0800. The largest absolute Gasteiger partial charge is 0.368 e. The van der Waals surface area contributed by atoms with Crippen molar-refractivity contribution in [3.63, 3.8) is 0 Å². The first-order chi connectivity index (χ1) is 6.17. The lowest BCUT2D eigenvalue weighted by molar-refractivity contribution is -0.181. The topological polar surface area (TPSA) is 40.5 Å². The van der Waals surface area contributed by atoms with Crippen LogP contribution in [0, 0.1) is 16.7 Å². The van der Waals surface area contributed by atoms with Crippen LogP contribution in [-0.2, 0) is 0 Å². The third kappa shape index (κ3) is 2.71. The summed E-state index contributed by atoms with van der Waals surface area (Å²) >= 11 is 0. The number of aliphatic hydroxyl groups is 2. The normalized spacial score (nSPS) is 17.6. The molecule has 0 aromatic heterocycles. The van der Waals surface area contributed by atoms with Gasteiger partial charge >= 0.3 is 0 Å². The van der Waals surface area contributed by atoms with Crippen molar-refractivity contribution in [2.24, 2.45) is 16.7 Å². The quantitative estimate of drug-likeness (QED) is 0.673. The highest BCUT2D eigenvalue weighted by molar-refractivity contribution is 4.90. The lowest BCUT2D eigenvalue weighted by Gasteiger charge is -2.46. The SMILES string of the molecule is CCC(C)(C)C(C)(CC(C)C)C(O)O. The van der Waals surface area contributed by atoms with Gasteiger partial charge in [-0.2, -0.15) is 0 Å². The van der Waals surface area contributed by atoms with E-state index >= 15 is 0 Å². The van der Waals surface area contributed by atoms with E-state index in [0.29, 0.717) is 5.92 Å². The Morgan fingerprint density at radius 1 is 1.07 bits per heavy atom. The van der Waals surface area contributed by atoms with Gasteiger partial charge in [0.05, 0.1) is 0 Å². The Morgan fingerprint density at radius 3 is 1.71 bits per heavy atom. The van der Waals surface area contributed by atoms with Gasteiger partial charge in [0.15, 0.2) is 6.29 Å². The molecule has 0 radical (unpaired) electrons. The monoisotopic (exact) mass is 202 g/mol. The van der Waals surface area contributed by atoms with Crippen molar-refractivity contribution in [1.29, 1.82) is 0 Å². The Labute approximate surface area is 88.3 Å². The van der Waals surface area contributed by atoms with Crippen molar-refractivity contribution in [3.05, 3.63) is 0 Å². The van der Waals surface area contributed by atoms with Crippen LogP contribution in [0.5, 0.6) is 0 Å². The van der Waals surface area contributed by atoms with Gasteiger partial charge in [0, 0.05) is 5.41 Å². The fraction of sp³-hybridized carbons (Fsp3) is 1.00. The number of hydrogen-bond acceptors (Lipinski definition) is 2. The predicted molar refractivity (Wildman–Crippen MR) is 59.9 cm³/mol. The minimum Gasteiger partial charge on any atom is -0.368 e. The average Bonchev–Trinajstić information content (AvgIpc) is 2.02. The van der Waals surface area contributed by atoms with Crippen molar-refractivity contribution >= 4 is 0 Å². The minimum absolute atomic E-state index is 0.0502. The van der Waals surface area contributed by atoms with Gasteiger partial charge in [0.2, 0.25) is 0 Å². The van der Waals surface area contributed by atoms with Crippen LogP contribution in [0.1, 0.15) is 54.4 Å². The molecular formula is C12H26O2. The van der Waals surface area contributed by atoms with E-state index < -0.39 is 11.7 Å². The molecule has 0 amide bonds. The second-order valence-electron chi connectivity index (χ2n) is 5.63. The highest BCUT2D eigenvalue weighted by atomic mass is 16.5. The van der Waals surface area contributed by atoms with Gasteiger partial charge in [-0.05, 0) is 17.8 Å². The molecule has 0 aromatic carbocycles. The predicted octanol–water partition coefficient (Wildman–Crippen LogP) is 2.79. The zero-order valence-corrected chi connectivity index (χ0v) is 10.5. The zero-order valence-electron chi connectivity index (χ0n) is 10.5. The van der Waals surface area contributed by atoms with E-state index in [0.717, 1.165) is 12.8 Å². The Balaban J connectivity index is 4.89. The summed E-state index contributed by atoms with van der Waals surface area (Å²) in [6, 6.07) is 0. The molecule has 0 aliphatic heterocycles. The van der Waals surface area contributed by atoms with Crippen molar-refractivity contribution in [1.82, 2.24) is 0 Å². The molecule has 86 valence electrons. The van der Waals surface area contributed by atoms with Crippen molar-refractivity contribution in [3.8, 4) is 0 Å². The van der Waals surface area contributed by atoms with E-state index in [2.05, 4.69) is 34.6 Å². The van der Waals surface area contributed by atoms with Crippen LogP contribution >= 0.6 is 0 Å².